The molecule has 0 aliphatic heterocycles. The van der Waals surface area contributed by atoms with Crippen molar-refractivity contribution in [2.45, 2.75) is 46.1 Å². The van der Waals surface area contributed by atoms with E-state index in [0.717, 1.165) is 16.8 Å². The van der Waals surface area contributed by atoms with Gasteiger partial charge in [-0.3, -0.25) is 4.79 Å². The molecular formula is C28H34FN7O. The van der Waals surface area contributed by atoms with E-state index in [4.69, 9.17) is 10.7 Å². The van der Waals surface area contributed by atoms with Gasteiger partial charge in [0.2, 0.25) is 5.91 Å². The second-order valence-corrected chi connectivity index (χ2v) is 10.2. The van der Waals surface area contributed by atoms with Crippen LogP contribution in [0, 0.1) is 5.41 Å². The summed E-state index contributed by atoms with van der Waals surface area (Å²) in [4.78, 5) is 20.3. The number of nitrogens with two attached hydrogens (primary N) is 1. The standard InChI is InChI=1S/C28H34FN7O/c1-28(2,3)26(36(18-23(29)16-30)25(37)20-35-15-14-31-33-35)27-32-24(22-12-8-5-9-13-22)19-34(27)17-21-10-6-4-7-11-21/h4-15,19,23,26H,16-18,20,30H2,1-3H3/t23-,26+/m1/s1. The predicted octanol–water partition coefficient (Wildman–Crippen LogP) is 4.10. The molecule has 2 N–H and O–H groups in total. The van der Waals surface area contributed by atoms with E-state index < -0.39 is 17.6 Å². The van der Waals surface area contributed by atoms with Crippen molar-refractivity contribution in [2.24, 2.45) is 11.1 Å². The Labute approximate surface area is 216 Å². The van der Waals surface area contributed by atoms with Crippen LogP contribution >= 0.6 is 0 Å². The number of hydrogen-bond acceptors (Lipinski definition) is 5. The van der Waals surface area contributed by atoms with Gasteiger partial charge in [0.1, 0.15) is 18.5 Å². The van der Waals surface area contributed by atoms with Crippen molar-refractivity contribution in [1.82, 2.24) is 29.4 Å². The molecule has 0 unspecified atom stereocenters. The minimum absolute atomic E-state index is 0.0607. The normalized spacial score (nSPS) is 13.3. The third-order valence-corrected chi connectivity index (χ3v) is 6.19. The molecule has 9 heteroatoms. The number of amides is 1. The topological polar surface area (TPSA) is 94.9 Å². The van der Waals surface area contributed by atoms with Gasteiger partial charge in [0, 0.05) is 31.0 Å². The molecule has 2 atom stereocenters. The molecule has 0 spiro atoms. The summed E-state index contributed by atoms with van der Waals surface area (Å²) in [7, 11) is 0. The van der Waals surface area contributed by atoms with Crippen LogP contribution in [0.2, 0.25) is 0 Å². The number of aromatic nitrogens is 5. The van der Waals surface area contributed by atoms with Crippen LogP contribution in [0.15, 0.2) is 79.3 Å². The Morgan fingerprint density at radius 3 is 2.35 bits per heavy atom. The molecule has 0 fully saturated rings. The Kier molecular flexibility index (Phi) is 8.13. The molecule has 0 aliphatic rings. The zero-order chi connectivity index (χ0) is 26.4. The molecule has 194 valence electrons. The van der Waals surface area contributed by atoms with Crippen LogP contribution in [0.5, 0.6) is 0 Å². The fourth-order valence-corrected chi connectivity index (χ4v) is 4.48. The van der Waals surface area contributed by atoms with Crippen LogP contribution in [0.25, 0.3) is 11.3 Å². The average Bonchev–Trinajstić information content (AvgIpc) is 3.54. The molecule has 0 aliphatic carbocycles. The molecule has 0 radical (unpaired) electrons. The van der Waals surface area contributed by atoms with E-state index in [2.05, 4.69) is 27.0 Å². The second kappa shape index (κ2) is 11.5. The van der Waals surface area contributed by atoms with Gasteiger partial charge in [-0.05, 0) is 11.0 Å². The summed E-state index contributed by atoms with van der Waals surface area (Å²) >= 11 is 0. The summed E-state index contributed by atoms with van der Waals surface area (Å²) in [5.41, 5.74) is 8.04. The number of nitrogens with zero attached hydrogens (tertiary/aromatic N) is 6. The van der Waals surface area contributed by atoms with Crippen molar-refractivity contribution in [2.75, 3.05) is 13.1 Å². The number of carbonyl (C=O) groups excluding carboxylic acids is 1. The molecule has 4 aromatic rings. The van der Waals surface area contributed by atoms with Crippen LogP contribution in [0.3, 0.4) is 0 Å². The first-order valence-electron chi connectivity index (χ1n) is 12.4. The lowest BCUT2D eigenvalue weighted by atomic mass is 9.84. The van der Waals surface area contributed by atoms with E-state index >= 15 is 0 Å². The van der Waals surface area contributed by atoms with Crippen LogP contribution < -0.4 is 5.73 Å². The lowest BCUT2D eigenvalue weighted by molar-refractivity contribution is -0.138. The number of halogens is 1. The number of benzene rings is 2. The van der Waals surface area contributed by atoms with Gasteiger partial charge in [-0.2, -0.15) is 0 Å². The van der Waals surface area contributed by atoms with E-state index in [1.807, 2.05) is 75.5 Å². The summed E-state index contributed by atoms with van der Waals surface area (Å²) in [6.07, 6.45) is 3.75. The van der Waals surface area contributed by atoms with Crippen molar-refractivity contribution in [1.29, 1.82) is 0 Å². The highest BCUT2D eigenvalue weighted by molar-refractivity contribution is 5.76. The Morgan fingerprint density at radius 1 is 1.08 bits per heavy atom. The van der Waals surface area contributed by atoms with E-state index in [1.54, 1.807) is 11.1 Å². The van der Waals surface area contributed by atoms with E-state index in [9.17, 15) is 9.18 Å². The molecule has 8 nitrogen and oxygen atoms in total. The van der Waals surface area contributed by atoms with Crippen molar-refractivity contribution in [3.63, 3.8) is 0 Å². The lowest BCUT2D eigenvalue weighted by Gasteiger charge is -2.40. The average molecular weight is 504 g/mol. The number of rotatable bonds is 10. The Morgan fingerprint density at radius 2 is 1.76 bits per heavy atom. The summed E-state index contributed by atoms with van der Waals surface area (Å²) in [5.74, 6) is 0.406. The Balaban J connectivity index is 1.83. The van der Waals surface area contributed by atoms with Gasteiger partial charge < -0.3 is 15.2 Å². The highest BCUT2D eigenvalue weighted by Gasteiger charge is 2.39. The zero-order valence-electron chi connectivity index (χ0n) is 21.5. The predicted molar refractivity (Wildman–Crippen MR) is 141 cm³/mol. The maximum absolute atomic E-state index is 14.8. The van der Waals surface area contributed by atoms with Crippen LogP contribution in [-0.4, -0.2) is 54.6 Å². The molecule has 0 saturated heterocycles. The minimum atomic E-state index is -1.38. The van der Waals surface area contributed by atoms with Crippen LogP contribution in [0.4, 0.5) is 4.39 Å². The lowest BCUT2D eigenvalue weighted by Crippen LogP contribution is -2.47. The van der Waals surface area contributed by atoms with Gasteiger partial charge >= 0.3 is 0 Å². The van der Waals surface area contributed by atoms with E-state index in [0.29, 0.717) is 12.4 Å². The summed E-state index contributed by atoms with van der Waals surface area (Å²) < 4.78 is 18.3. The molecule has 0 bridgehead atoms. The van der Waals surface area contributed by atoms with Crippen LogP contribution in [-0.2, 0) is 17.9 Å². The van der Waals surface area contributed by atoms with Gasteiger partial charge in [0.25, 0.3) is 0 Å². The second-order valence-electron chi connectivity index (χ2n) is 10.2. The molecule has 4 rings (SSSR count). The van der Waals surface area contributed by atoms with Crippen molar-refractivity contribution in [3.8, 4) is 11.3 Å². The summed E-state index contributed by atoms with van der Waals surface area (Å²) in [6, 6.07) is 19.4. The number of hydrogen-bond donors (Lipinski definition) is 1. The maximum Gasteiger partial charge on any atom is 0.245 e. The maximum atomic E-state index is 14.8. The van der Waals surface area contributed by atoms with Gasteiger partial charge in [-0.25, -0.2) is 14.1 Å². The molecule has 2 aromatic heterocycles. The fourth-order valence-electron chi connectivity index (χ4n) is 4.48. The highest BCUT2D eigenvalue weighted by atomic mass is 19.1. The fraction of sp³-hybridized carbons (Fsp3) is 0.357. The van der Waals surface area contributed by atoms with Gasteiger partial charge in [0.05, 0.1) is 24.5 Å². The van der Waals surface area contributed by atoms with E-state index in [1.165, 1.54) is 10.9 Å². The molecule has 2 heterocycles. The van der Waals surface area contributed by atoms with Gasteiger partial charge in [-0.15, -0.1) is 5.10 Å². The SMILES string of the molecule is CC(C)(C)[C@H](c1nc(-c2ccccc2)cn1Cc1ccccc1)N(C[C@H](F)CN)C(=O)Cn1ccnn1. The van der Waals surface area contributed by atoms with E-state index in [-0.39, 0.29) is 25.5 Å². The number of imidazole rings is 1. The quantitative estimate of drug-likeness (QED) is 0.352. The van der Waals surface area contributed by atoms with Crippen LogP contribution in [0.1, 0.15) is 38.2 Å². The molecule has 0 saturated carbocycles. The monoisotopic (exact) mass is 503 g/mol. The third-order valence-electron chi connectivity index (χ3n) is 6.19. The van der Waals surface area contributed by atoms with Crippen molar-refractivity contribution in [3.05, 3.63) is 90.6 Å². The first-order chi connectivity index (χ1) is 17.8. The Bertz CT molecular complexity index is 1270. The van der Waals surface area contributed by atoms with Crippen molar-refractivity contribution >= 4 is 5.91 Å². The molecule has 1 amide bonds. The van der Waals surface area contributed by atoms with Gasteiger partial charge in [-0.1, -0.05) is 86.6 Å². The highest BCUT2D eigenvalue weighted by Crippen LogP contribution is 2.39. The van der Waals surface area contributed by atoms with Crippen molar-refractivity contribution < 1.29 is 9.18 Å². The van der Waals surface area contributed by atoms with Gasteiger partial charge in [0.15, 0.2) is 0 Å². The largest absolute Gasteiger partial charge is 0.328 e. The number of carbonyl (C=O) groups is 1. The third kappa shape index (κ3) is 6.48. The smallest absolute Gasteiger partial charge is 0.245 e. The first-order valence-corrected chi connectivity index (χ1v) is 12.4. The Hall–Kier alpha value is -3.85. The molecular weight excluding hydrogens is 469 g/mol. The molecule has 37 heavy (non-hydrogen) atoms. The zero-order valence-corrected chi connectivity index (χ0v) is 21.5. The first kappa shape index (κ1) is 26.2. The number of alkyl halides is 1. The minimum Gasteiger partial charge on any atom is -0.328 e. The summed E-state index contributed by atoms with van der Waals surface area (Å²) in [5, 5.41) is 7.72. The summed E-state index contributed by atoms with van der Waals surface area (Å²) in [6.45, 7) is 6.27. The molecule has 2 aromatic carbocycles.